The van der Waals surface area contributed by atoms with Gasteiger partial charge in [0.25, 0.3) is 0 Å². The quantitative estimate of drug-likeness (QED) is 0.602. The number of hydrogen-bond acceptors (Lipinski definition) is 5. The van der Waals surface area contributed by atoms with E-state index >= 15 is 0 Å². The van der Waals surface area contributed by atoms with Crippen molar-refractivity contribution in [2.24, 2.45) is 0 Å². The third-order valence-corrected chi connectivity index (χ3v) is 2.38. The van der Waals surface area contributed by atoms with E-state index < -0.39 is 12.1 Å². The number of rotatable bonds is 5. The molecule has 0 radical (unpaired) electrons. The van der Waals surface area contributed by atoms with Crippen LogP contribution < -0.4 is 0 Å². The summed E-state index contributed by atoms with van der Waals surface area (Å²) in [6.45, 7) is 1.77. The number of thioether (sulfide) groups is 1. The fraction of sp³-hybridized carbons (Fsp3) is 0.571. The van der Waals surface area contributed by atoms with Crippen molar-refractivity contribution < 1.29 is 15.0 Å². The van der Waals surface area contributed by atoms with Crippen LogP contribution >= 0.6 is 11.8 Å². The number of aliphatic carboxylic acids is 1. The van der Waals surface area contributed by atoms with Crippen LogP contribution in [0.25, 0.3) is 0 Å². The lowest BCUT2D eigenvalue weighted by Crippen LogP contribution is -2.15. The van der Waals surface area contributed by atoms with E-state index in [0.29, 0.717) is 11.0 Å². The number of aliphatic hydroxyl groups excluding tert-OH is 1. The maximum absolute atomic E-state index is 10.2. The van der Waals surface area contributed by atoms with Gasteiger partial charge in [-0.1, -0.05) is 11.8 Å². The fourth-order valence-corrected chi connectivity index (χ4v) is 1.59. The van der Waals surface area contributed by atoms with E-state index in [-0.39, 0.29) is 12.2 Å². The Morgan fingerprint density at radius 3 is 2.93 bits per heavy atom. The summed E-state index contributed by atoms with van der Waals surface area (Å²) in [7, 11) is 0. The Hall–Kier alpha value is -1.08. The van der Waals surface area contributed by atoms with Crippen molar-refractivity contribution in [3.8, 4) is 0 Å². The van der Waals surface area contributed by atoms with Gasteiger partial charge in [-0.15, -0.1) is 5.10 Å². The second-order valence-electron chi connectivity index (χ2n) is 2.77. The second kappa shape index (κ2) is 4.97. The molecule has 1 heterocycles. The molecule has 0 amide bonds. The monoisotopic (exact) mass is 217 g/mol. The molecular formula is C7H11N3O3S. The van der Waals surface area contributed by atoms with Gasteiger partial charge < -0.3 is 10.2 Å². The molecule has 1 rings (SSSR count). The van der Waals surface area contributed by atoms with Crippen molar-refractivity contribution in [3.63, 3.8) is 0 Å². The molecule has 0 fully saturated rings. The summed E-state index contributed by atoms with van der Waals surface area (Å²) in [6, 6.07) is 0. The fourth-order valence-electron chi connectivity index (χ4n) is 0.818. The maximum Gasteiger partial charge on any atom is 0.306 e. The Balaban J connectivity index is 2.30. The van der Waals surface area contributed by atoms with E-state index in [4.69, 9.17) is 5.11 Å². The number of carbonyl (C=O) groups is 1. The van der Waals surface area contributed by atoms with Gasteiger partial charge in [0.05, 0.1) is 12.5 Å². The summed E-state index contributed by atoms with van der Waals surface area (Å²) in [4.78, 5) is 14.2. The number of nitrogens with one attached hydrogen (secondary N) is 1. The smallest absolute Gasteiger partial charge is 0.306 e. The van der Waals surface area contributed by atoms with Gasteiger partial charge in [0.15, 0.2) is 0 Å². The number of carboxylic acids is 1. The van der Waals surface area contributed by atoms with Crippen LogP contribution in [0, 0.1) is 6.92 Å². The summed E-state index contributed by atoms with van der Waals surface area (Å²) >= 11 is 1.22. The third-order valence-electron chi connectivity index (χ3n) is 1.39. The van der Waals surface area contributed by atoms with E-state index in [1.165, 1.54) is 11.8 Å². The highest BCUT2D eigenvalue weighted by atomic mass is 32.2. The first-order valence-electron chi connectivity index (χ1n) is 3.99. The van der Waals surface area contributed by atoms with Gasteiger partial charge in [-0.3, -0.25) is 9.89 Å². The summed E-state index contributed by atoms with van der Waals surface area (Å²) < 4.78 is 0. The molecule has 1 atom stereocenters. The molecule has 0 saturated carbocycles. The molecular weight excluding hydrogens is 206 g/mol. The first-order valence-corrected chi connectivity index (χ1v) is 4.98. The van der Waals surface area contributed by atoms with Crippen LogP contribution in [-0.4, -0.2) is 43.2 Å². The topological polar surface area (TPSA) is 99.1 Å². The molecule has 14 heavy (non-hydrogen) atoms. The largest absolute Gasteiger partial charge is 0.481 e. The zero-order valence-electron chi connectivity index (χ0n) is 7.60. The Morgan fingerprint density at radius 2 is 2.43 bits per heavy atom. The molecule has 1 unspecified atom stereocenters. The molecule has 0 aliphatic rings. The molecule has 0 spiro atoms. The maximum atomic E-state index is 10.2. The minimum absolute atomic E-state index is 0.254. The molecule has 0 saturated heterocycles. The molecule has 6 nitrogen and oxygen atoms in total. The Labute approximate surface area is 84.7 Å². The number of H-pyrrole nitrogens is 1. The van der Waals surface area contributed by atoms with E-state index in [9.17, 15) is 9.90 Å². The van der Waals surface area contributed by atoms with Crippen LogP contribution in [0.15, 0.2) is 5.16 Å². The van der Waals surface area contributed by atoms with Crippen molar-refractivity contribution >= 4 is 17.7 Å². The Morgan fingerprint density at radius 1 is 1.71 bits per heavy atom. The molecule has 78 valence electrons. The van der Waals surface area contributed by atoms with Crippen molar-refractivity contribution in [1.82, 2.24) is 15.2 Å². The van der Waals surface area contributed by atoms with Gasteiger partial charge in [0.1, 0.15) is 5.82 Å². The van der Waals surface area contributed by atoms with Crippen LogP contribution in [0.5, 0.6) is 0 Å². The van der Waals surface area contributed by atoms with E-state index in [2.05, 4.69) is 15.2 Å². The Bertz CT molecular complexity index is 315. The molecule has 0 aromatic carbocycles. The van der Waals surface area contributed by atoms with E-state index in [0.717, 1.165) is 0 Å². The molecule has 7 heteroatoms. The molecule has 0 bridgehead atoms. The van der Waals surface area contributed by atoms with E-state index in [1.807, 2.05) is 0 Å². The van der Waals surface area contributed by atoms with Crippen LogP contribution in [0.4, 0.5) is 0 Å². The number of hydrogen-bond donors (Lipinski definition) is 3. The SMILES string of the molecule is Cc1nc(SCC(O)CC(=O)O)n[nH]1. The molecule has 3 N–H and O–H groups in total. The van der Waals surface area contributed by atoms with Crippen LogP contribution in [-0.2, 0) is 4.79 Å². The Kier molecular flexibility index (Phi) is 3.90. The zero-order chi connectivity index (χ0) is 10.6. The highest BCUT2D eigenvalue weighted by Crippen LogP contribution is 2.14. The molecule has 1 aromatic heterocycles. The number of nitrogens with zero attached hydrogens (tertiary/aromatic N) is 2. The van der Waals surface area contributed by atoms with Gasteiger partial charge in [-0.2, -0.15) is 0 Å². The summed E-state index contributed by atoms with van der Waals surface area (Å²) in [5.74, 6) is -0.0339. The molecule has 0 aliphatic heterocycles. The van der Waals surface area contributed by atoms with Crippen molar-refractivity contribution in [2.45, 2.75) is 24.6 Å². The minimum atomic E-state index is -1.01. The van der Waals surface area contributed by atoms with E-state index in [1.54, 1.807) is 6.92 Å². The lowest BCUT2D eigenvalue weighted by Gasteiger charge is -2.04. The highest BCUT2D eigenvalue weighted by molar-refractivity contribution is 7.99. The predicted molar refractivity (Wildman–Crippen MR) is 50.1 cm³/mol. The minimum Gasteiger partial charge on any atom is -0.481 e. The second-order valence-corrected chi connectivity index (χ2v) is 3.75. The normalized spacial score (nSPS) is 12.7. The lowest BCUT2D eigenvalue weighted by molar-refractivity contribution is -0.138. The lowest BCUT2D eigenvalue weighted by atomic mass is 10.3. The zero-order valence-corrected chi connectivity index (χ0v) is 8.41. The van der Waals surface area contributed by atoms with Crippen molar-refractivity contribution in [3.05, 3.63) is 5.82 Å². The third kappa shape index (κ3) is 3.75. The standard InChI is InChI=1S/C7H11N3O3S/c1-4-8-7(10-9-4)14-3-5(11)2-6(12)13/h5,11H,2-3H2,1H3,(H,12,13)(H,8,9,10). The van der Waals surface area contributed by atoms with Crippen molar-refractivity contribution in [2.75, 3.05) is 5.75 Å². The summed E-state index contributed by atoms with van der Waals surface area (Å²) in [6.07, 6.45) is -1.12. The first kappa shape index (κ1) is 11.0. The summed E-state index contributed by atoms with van der Waals surface area (Å²) in [5.41, 5.74) is 0. The highest BCUT2D eigenvalue weighted by Gasteiger charge is 2.11. The number of aromatic amines is 1. The average molecular weight is 217 g/mol. The number of aryl methyl sites for hydroxylation is 1. The molecule has 1 aromatic rings. The van der Waals surface area contributed by atoms with Gasteiger partial charge >= 0.3 is 5.97 Å². The van der Waals surface area contributed by atoms with Crippen LogP contribution in [0.1, 0.15) is 12.2 Å². The van der Waals surface area contributed by atoms with Gasteiger partial charge in [-0.25, -0.2) is 4.98 Å². The number of aliphatic hydroxyl groups is 1. The van der Waals surface area contributed by atoms with Gasteiger partial charge in [0.2, 0.25) is 5.16 Å². The average Bonchev–Trinajstić information content (AvgIpc) is 2.47. The summed E-state index contributed by atoms with van der Waals surface area (Å²) in [5, 5.41) is 24.6. The van der Waals surface area contributed by atoms with Crippen LogP contribution in [0.2, 0.25) is 0 Å². The predicted octanol–water partition coefficient (Wildman–Crippen LogP) is 0.0408. The first-order chi connectivity index (χ1) is 6.58. The number of carboxylic acid groups (broad SMARTS) is 1. The van der Waals surface area contributed by atoms with Crippen molar-refractivity contribution in [1.29, 1.82) is 0 Å². The molecule has 0 aliphatic carbocycles. The number of aromatic nitrogens is 3. The van der Waals surface area contributed by atoms with Gasteiger partial charge in [0, 0.05) is 5.75 Å². The van der Waals surface area contributed by atoms with Gasteiger partial charge in [-0.05, 0) is 6.92 Å². The van der Waals surface area contributed by atoms with Crippen LogP contribution in [0.3, 0.4) is 0 Å².